The number of nitrogens with zero attached hydrogens (tertiary/aromatic N) is 7. The molecule has 7 nitrogen and oxygen atoms in total. The van der Waals surface area contributed by atoms with E-state index in [0.717, 1.165) is 43.0 Å². The van der Waals surface area contributed by atoms with Crippen LogP contribution >= 0.6 is 0 Å². The Balaban J connectivity index is 1.40. The van der Waals surface area contributed by atoms with E-state index in [9.17, 15) is 0 Å². The van der Waals surface area contributed by atoms with Gasteiger partial charge in [-0.25, -0.2) is 24.9 Å². The van der Waals surface area contributed by atoms with Crippen LogP contribution in [-0.2, 0) is 13.6 Å². The first kappa shape index (κ1) is 15.6. The molecule has 0 aromatic carbocycles. The molecule has 3 aromatic heterocycles. The third-order valence-corrected chi connectivity index (χ3v) is 4.33. The van der Waals surface area contributed by atoms with E-state index >= 15 is 0 Å². The maximum absolute atomic E-state index is 4.44. The summed E-state index contributed by atoms with van der Waals surface area (Å²) in [6.45, 7) is 2.76. The van der Waals surface area contributed by atoms with Crippen molar-refractivity contribution >= 4 is 5.57 Å². The second kappa shape index (κ2) is 6.90. The Kier molecular flexibility index (Phi) is 4.30. The van der Waals surface area contributed by atoms with Crippen LogP contribution in [0.25, 0.3) is 17.0 Å². The Morgan fingerprint density at radius 2 is 1.84 bits per heavy atom. The van der Waals surface area contributed by atoms with Gasteiger partial charge in [-0.05, 0) is 12.0 Å². The quantitative estimate of drug-likeness (QED) is 0.727. The molecular formula is C18H19N7. The maximum atomic E-state index is 4.44. The van der Waals surface area contributed by atoms with Gasteiger partial charge in [0.25, 0.3) is 0 Å². The van der Waals surface area contributed by atoms with Crippen molar-refractivity contribution in [3.8, 4) is 11.4 Å². The predicted octanol–water partition coefficient (Wildman–Crippen LogP) is 1.96. The van der Waals surface area contributed by atoms with Gasteiger partial charge >= 0.3 is 0 Å². The molecule has 4 rings (SSSR count). The first-order valence-corrected chi connectivity index (χ1v) is 8.25. The van der Waals surface area contributed by atoms with Gasteiger partial charge in [0.2, 0.25) is 0 Å². The van der Waals surface area contributed by atoms with Crippen molar-refractivity contribution in [3.63, 3.8) is 0 Å². The predicted molar refractivity (Wildman–Crippen MR) is 94.1 cm³/mol. The molecule has 0 fully saturated rings. The summed E-state index contributed by atoms with van der Waals surface area (Å²) >= 11 is 0. The highest BCUT2D eigenvalue weighted by Crippen LogP contribution is 2.21. The van der Waals surface area contributed by atoms with Crippen molar-refractivity contribution in [2.75, 3.05) is 13.1 Å². The summed E-state index contributed by atoms with van der Waals surface area (Å²) in [7, 11) is 2.03. The minimum absolute atomic E-state index is 0.653. The van der Waals surface area contributed by atoms with Crippen molar-refractivity contribution in [1.29, 1.82) is 0 Å². The molecule has 4 heterocycles. The van der Waals surface area contributed by atoms with Crippen LogP contribution in [0, 0.1) is 0 Å². The fourth-order valence-corrected chi connectivity index (χ4v) is 2.99. The van der Waals surface area contributed by atoms with E-state index in [4.69, 9.17) is 0 Å². The molecule has 0 N–H and O–H groups in total. The van der Waals surface area contributed by atoms with Crippen LogP contribution in [0.4, 0.5) is 0 Å². The summed E-state index contributed by atoms with van der Waals surface area (Å²) in [5.74, 6) is 1.72. The number of hydrogen-bond acceptors (Lipinski definition) is 6. The van der Waals surface area contributed by atoms with Crippen molar-refractivity contribution in [1.82, 2.24) is 34.4 Å². The summed E-state index contributed by atoms with van der Waals surface area (Å²) in [5, 5.41) is 0. The Morgan fingerprint density at radius 3 is 2.48 bits per heavy atom. The Bertz CT molecular complexity index is 868. The molecule has 0 saturated carbocycles. The molecule has 126 valence electrons. The van der Waals surface area contributed by atoms with Crippen LogP contribution in [0.5, 0.6) is 0 Å². The van der Waals surface area contributed by atoms with Crippen LogP contribution in [0.3, 0.4) is 0 Å². The van der Waals surface area contributed by atoms with Gasteiger partial charge in [-0.2, -0.15) is 0 Å². The molecule has 25 heavy (non-hydrogen) atoms. The van der Waals surface area contributed by atoms with Crippen LogP contribution < -0.4 is 0 Å². The minimum Gasteiger partial charge on any atom is -0.334 e. The molecule has 3 aromatic rings. The molecule has 0 atom stereocenters. The van der Waals surface area contributed by atoms with Crippen LogP contribution in [0.2, 0.25) is 0 Å². The molecule has 1 aliphatic heterocycles. The second-order valence-corrected chi connectivity index (χ2v) is 6.12. The number of aromatic nitrogens is 6. The van der Waals surface area contributed by atoms with Crippen molar-refractivity contribution in [2.24, 2.45) is 7.05 Å². The highest BCUT2D eigenvalue weighted by atomic mass is 15.1. The number of rotatable bonds is 4. The summed E-state index contributed by atoms with van der Waals surface area (Å²) in [4.78, 5) is 23.7. The number of hydrogen-bond donors (Lipinski definition) is 0. The second-order valence-electron chi connectivity index (χ2n) is 6.12. The Labute approximate surface area is 146 Å². The van der Waals surface area contributed by atoms with Gasteiger partial charge in [-0.15, -0.1) is 0 Å². The normalized spacial score (nSPS) is 15.2. The lowest BCUT2D eigenvalue weighted by Crippen LogP contribution is -2.28. The van der Waals surface area contributed by atoms with E-state index in [1.165, 1.54) is 11.9 Å². The molecule has 0 spiro atoms. The molecule has 0 saturated heterocycles. The summed E-state index contributed by atoms with van der Waals surface area (Å²) in [6, 6.07) is 0. The van der Waals surface area contributed by atoms with Gasteiger partial charge < -0.3 is 4.57 Å². The fourth-order valence-electron chi connectivity index (χ4n) is 2.99. The molecular weight excluding hydrogens is 314 g/mol. The van der Waals surface area contributed by atoms with Gasteiger partial charge in [0, 0.05) is 69.4 Å². The first-order valence-electron chi connectivity index (χ1n) is 8.25. The summed E-state index contributed by atoms with van der Waals surface area (Å²) < 4.78 is 2.07. The largest absolute Gasteiger partial charge is 0.334 e. The minimum atomic E-state index is 0.653. The van der Waals surface area contributed by atoms with E-state index in [2.05, 4.69) is 40.5 Å². The topological polar surface area (TPSA) is 72.6 Å². The number of aryl methyl sites for hydroxylation is 1. The van der Waals surface area contributed by atoms with Gasteiger partial charge in [-0.1, -0.05) is 6.08 Å². The van der Waals surface area contributed by atoms with E-state index in [1.54, 1.807) is 12.4 Å². The lowest BCUT2D eigenvalue weighted by molar-refractivity contribution is 0.293. The molecule has 0 amide bonds. The highest BCUT2D eigenvalue weighted by Gasteiger charge is 2.16. The SMILES string of the molecule is Cn1ccnc1C1=CCN(Cc2cnc(-c3cncnc3)nc2)CC1. The van der Waals surface area contributed by atoms with Crippen LogP contribution in [0.1, 0.15) is 17.8 Å². The number of imidazole rings is 1. The fraction of sp³-hybridized carbons (Fsp3) is 0.278. The zero-order valence-electron chi connectivity index (χ0n) is 14.1. The smallest absolute Gasteiger partial charge is 0.162 e. The van der Waals surface area contributed by atoms with Crippen molar-refractivity contribution in [3.05, 3.63) is 61.0 Å². The molecule has 1 aliphatic rings. The van der Waals surface area contributed by atoms with E-state index < -0.39 is 0 Å². The lowest BCUT2D eigenvalue weighted by atomic mass is 10.1. The lowest BCUT2D eigenvalue weighted by Gasteiger charge is -2.26. The summed E-state index contributed by atoms with van der Waals surface area (Å²) in [5.41, 5.74) is 3.25. The van der Waals surface area contributed by atoms with Gasteiger partial charge in [0.05, 0.1) is 5.56 Å². The van der Waals surface area contributed by atoms with E-state index in [1.807, 2.05) is 31.8 Å². The molecule has 0 bridgehead atoms. The Morgan fingerprint density at radius 1 is 1.04 bits per heavy atom. The molecule has 0 radical (unpaired) electrons. The molecule has 7 heteroatoms. The van der Waals surface area contributed by atoms with Crippen molar-refractivity contribution in [2.45, 2.75) is 13.0 Å². The third-order valence-electron chi connectivity index (χ3n) is 4.33. The van der Waals surface area contributed by atoms with E-state index in [-0.39, 0.29) is 0 Å². The van der Waals surface area contributed by atoms with Crippen molar-refractivity contribution < 1.29 is 0 Å². The highest BCUT2D eigenvalue weighted by molar-refractivity contribution is 5.61. The standard InChI is InChI=1S/C18H19N7/c1-24-7-4-21-18(24)15-2-5-25(6-3-15)12-14-8-22-17(23-9-14)16-10-19-13-20-11-16/h2,4,7-11,13H,3,5-6,12H2,1H3. The maximum Gasteiger partial charge on any atom is 0.162 e. The van der Waals surface area contributed by atoms with Crippen LogP contribution in [-0.4, -0.2) is 47.5 Å². The van der Waals surface area contributed by atoms with Crippen LogP contribution in [0.15, 0.2) is 49.6 Å². The van der Waals surface area contributed by atoms with Gasteiger partial charge in [-0.3, -0.25) is 4.90 Å². The summed E-state index contributed by atoms with van der Waals surface area (Å²) in [6.07, 6.45) is 15.8. The molecule has 0 aliphatic carbocycles. The zero-order valence-corrected chi connectivity index (χ0v) is 14.1. The Hall–Kier alpha value is -2.93. The van der Waals surface area contributed by atoms with Gasteiger partial charge in [0.15, 0.2) is 5.82 Å². The zero-order chi connectivity index (χ0) is 17.1. The van der Waals surface area contributed by atoms with Gasteiger partial charge in [0.1, 0.15) is 12.2 Å². The third kappa shape index (κ3) is 3.46. The molecule has 0 unspecified atom stereocenters. The van der Waals surface area contributed by atoms with E-state index in [0.29, 0.717) is 5.82 Å². The average molecular weight is 333 g/mol. The first-order chi connectivity index (χ1) is 12.3. The monoisotopic (exact) mass is 333 g/mol. The average Bonchev–Trinajstić information content (AvgIpc) is 3.10.